The first-order valence-corrected chi connectivity index (χ1v) is 4.57. The second-order valence-electron chi connectivity index (χ2n) is 3.24. The van der Waals surface area contributed by atoms with Crippen molar-refractivity contribution in [1.82, 2.24) is 5.32 Å². The molecule has 1 atom stereocenters. The second kappa shape index (κ2) is 4.20. The molecule has 2 heteroatoms. The Morgan fingerprint density at radius 1 is 1.60 bits per heavy atom. The van der Waals surface area contributed by atoms with Crippen LogP contribution in [0.1, 0.15) is 26.2 Å². The number of halogens is 1. The van der Waals surface area contributed by atoms with Crippen LogP contribution in [0.15, 0.2) is 0 Å². The first-order valence-electron chi connectivity index (χ1n) is 4.14. The zero-order valence-corrected chi connectivity index (χ0v) is 7.32. The van der Waals surface area contributed by atoms with Gasteiger partial charge >= 0.3 is 0 Å². The molecule has 1 N–H and O–H groups in total. The van der Waals surface area contributed by atoms with Crippen LogP contribution in [0, 0.1) is 5.92 Å². The fraction of sp³-hybridized carbons (Fsp3) is 1.00. The molecule has 0 radical (unpaired) electrons. The minimum Gasteiger partial charge on any atom is -0.315 e. The number of alkyl halides is 1. The van der Waals surface area contributed by atoms with Crippen LogP contribution in [0.3, 0.4) is 0 Å². The van der Waals surface area contributed by atoms with E-state index in [2.05, 4.69) is 5.32 Å². The van der Waals surface area contributed by atoms with E-state index in [-0.39, 0.29) is 5.38 Å². The molecule has 0 spiro atoms. The quantitative estimate of drug-likeness (QED) is 0.622. The van der Waals surface area contributed by atoms with Gasteiger partial charge in [0.05, 0.1) is 0 Å². The summed E-state index contributed by atoms with van der Waals surface area (Å²) in [5.74, 6) is 0.954. The van der Waals surface area contributed by atoms with Gasteiger partial charge in [0.25, 0.3) is 0 Å². The topological polar surface area (TPSA) is 12.0 Å². The zero-order chi connectivity index (χ0) is 7.40. The molecule has 1 fully saturated rings. The molecule has 1 unspecified atom stereocenters. The van der Waals surface area contributed by atoms with Crippen LogP contribution in [0.25, 0.3) is 0 Å². The Hall–Kier alpha value is 0.250. The number of rotatable bonds is 4. The highest BCUT2D eigenvalue weighted by atomic mass is 35.5. The van der Waals surface area contributed by atoms with Gasteiger partial charge in [-0.2, -0.15) is 0 Å². The molecule has 0 heterocycles. The van der Waals surface area contributed by atoms with Crippen LogP contribution in [0.5, 0.6) is 0 Å². The van der Waals surface area contributed by atoms with E-state index in [0.717, 1.165) is 12.5 Å². The van der Waals surface area contributed by atoms with Crippen LogP contribution < -0.4 is 5.32 Å². The van der Waals surface area contributed by atoms with Gasteiger partial charge in [0, 0.05) is 11.9 Å². The lowest BCUT2D eigenvalue weighted by Crippen LogP contribution is -2.30. The third-order valence-electron chi connectivity index (χ3n) is 2.08. The molecule has 1 rings (SSSR count). The fourth-order valence-corrected chi connectivity index (χ4v) is 1.29. The Kier molecular flexibility index (Phi) is 3.50. The van der Waals surface area contributed by atoms with E-state index < -0.39 is 0 Å². The van der Waals surface area contributed by atoms with Gasteiger partial charge in [-0.3, -0.25) is 0 Å². The van der Waals surface area contributed by atoms with Gasteiger partial charge in [0.2, 0.25) is 0 Å². The van der Waals surface area contributed by atoms with E-state index in [1.165, 1.54) is 25.8 Å². The molecule has 1 saturated carbocycles. The fourth-order valence-electron chi connectivity index (χ4n) is 1.18. The highest BCUT2D eigenvalue weighted by Gasteiger charge is 2.16. The summed E-state index contributed by atoms with van der Waals surface area (Å²) in [5, 5.41) is 3.63. The van der Waals surface area contributed by atoms with Gasteiger partial charge in [-0.05, 0) is 32.2 Å². The summed E-state index contributed by atoms with van der Waals surface area (Å²) in [7, 11) is 0. The van der Waals surface area contributed by atoms with Crippen molar-refractivity contribution in [2.24, 2.45) is 5.92 Å². The summed E-state index contributed by atoms with van der Waals surface area (Å²) in [6.45, 7) is 4.16. The Morgan fingerprint density at radius 2 is 2.30 bits per heavy atom. The number of hydrogen-bond acceptors (Lipinski definition) is 1. The van der Waals surface area contributed by atoms with Crippen LogP contribution in [-0.4, -0.2) is 18.5 Å². The molecular formula is C8H16ClN. The molecule has 0 bridgehead atoms. The Morgan fingerprint density at radius 3 is 2.70 bits per heavy atom. The normalized spacial score (nSPS) is 22.2. The third kappa shape index (κ3) is 2.89. The van der Waals surface area contributed by atoms with E-state index in [1.807, 2.05) is 6.92 Å². The highest BCUT2D eigenvalue weighted by molar-refractivity contribution is 6.20. The monoisotopic (exact) mass is 161 g/mol. The van der Waals surface area contributed by atoms with Crippen LogP contribution in [-0.2, 0) is 0 Å². The maximum atomic E-state index is 5.76. The largest absolute Gasteiger partial charge is 0.315 e. The summed E-state index contributed by atoms with van der Waals surface area (Å²) < 4.78 is 0. The lowest BCUT2D eigenvalue weighted by molar-refractivity contribution is 0.302. The van der Waals surface area contributed by atoms with Crippen molar-refractivity contribution in [2.75, 3.05) is 13.1 Å². The van der Waals surface area contributed by atoms with Crippen molar-refractivity contribution in [3.8, 4) is 0 Å². The summed E-state index contributed by atoms with van der Waals surface area (Å²) in [6, 6.07) is 0. The molecular weight excluding hydrogens is 146 g/mol. The van der Waals surface area contributed by atoms with Gasteiger partial charge in [0.1, 0.15) is 0 Å². The predicted molar refractivity (Wildman–Crippen MR) is 45.5 cm³/mol. The molecule has 0 aromatic carbocycles. The molecule has 1 aliphatic rings. The van der Waals surface area contributed by atoms with Crippen molar-refractivity contribution >= 4 is 11.6 Å². The van der Waals surface area contributed by atoms with Crippen molar-refractivity contribution in [2.45, 2.75) is 31.6 Å². The van der Waals surface area contributed by atoms with Crippen molar-refractivity contribution < 1.29 is 0 Å². The smallest absolute Gasteiger partial charge is 0.0432 e. The minimum absolute atomic E-state index is 0.278. The molecule has 0 saturated heterocycles. The molecule has 60 valence electrons. The predicted octanol–water partition coefficient (Wildman–Crippen LogP) is 2.00. The number of hydrogen-bond donors (Lipinski definition) is 1. The lowest BCUT2D eigenvalue weighted by atomic mass is 9.85. The summed E-state index contributed by atoms with van der Waals surface area (Å²) in [6.07, 6.45) is 4.27. The summed E-state index contributed by atoms with van der Waals surface area (Å²) in [5.41, 5.74) is 0. The van der Waals surface area contributed by atoms with Gasteiger partial charge < -0.3 is 5.32 Å². The first kappa shape index (κ1) is 8.35. The molecule has 0 aromatic heterocycles. The van der Waals surface area contributed by atoms with Crippen LogP contribution in [0.4, 0.5) is 0 Å². The first-order chi connectivity index (χ1) is 4.79. The minimum atomic E-state index is 0.278. The Labute approximate surface area is 68.1 Å². The molecule has 0 aromatic rings. The van der Waals surface area contributed by atoms with E-state index in [1.54, 1.807) is 0 Å². The van der Waals surface area contributed by atoms with Crippen molar-refractivity contribution in [1.29, 1.82) is 0 Å². The maximum Gasteiger partial charge on any atom is 0.0432 e. The van der Waals surface area contributed by atoms with Gasteiger partial charge in [0.15, 0.2) is 0 Å². The highest BCUT2D eigenvalue weighted by Crippen LogP contribution is 2.24. The van der Waals surface area contributed by atoms with E-state index in [9.17, 15) is 0 Å². The zero-order valence-electron chi connectivity index (χ0n) is 6.57. The third-order valence-corrected chi connectivity index (χ3v) is 2.24. The molecule has 0 aliphatic heterocycles. The average Bonchev–Trinajstić information content (AvgIpc) is 1.75. The van der Waals surface area contributed by atoms with Gasteiger partial charge in [-0.25, -0.2) is 0 Å². The Bertz CT molecular complexity index is 89.3. The maximum absolute atomic E-state index is 5.76. The van der Waals surface area contributed by atoms with Crippen molar-refractivity contribution in [3.05, 3.63) is 0 Å². The average molecular weight is 162 g/mol. The van der Waals surface area contributed by atoms with E-state index >= 15 is 0 Å². The lowest BCUT2D eigenvalue weighted by Gasteiger charge is -2.25. The van der Waals surface area contributed by atoms with Gasteiger partial charge in [-0.1, -0.05) is 6.42 Å². The van der Waals surface area contributed by atoms with Crippen molar-refractivity contribution in [3.63, 3.8) is 0 Å². The second-order valence-corrected chi connectivity index (χ2v) is 3.98. The van der Waals surface area contributed by atoms with E-state index in [0.29, 0.717) is 0 Å². The molecule has 1 aliphatic carbocycles. The van der Waals surface area contributed by atoms with Crippen LogP contribution in [0.2, 0.25) is 0 Å². The summed E-state index contributed by atoms with van der Waals surface area (Å²) in [4.78, 5) is 0. The van der Waals surface area contributed by atoms with E-state index in [4.69, 9.17) is 11.6 Å². The molecule has 0 amide bonds. The van der Waals surface area contributed by atoms with Gasteiger partial charge in [-0.15, -0.1) is 11.6 Å². The number of nitrogens with one attached hydrogen (secondary N) is 1. The molecule has 1 nitrogen and oxygen atoms in total. The SMILES string of the molecule is CC(Cl)CNCC1CCC1. The molecule has 10 heavy (non-hydrogen) atoms. The Balaban J connectivity index is 1.85. The standard InChI is InChI=1S/C8H16ClN/c1-7(9)5-10-6-8-3-2-4-8/h7-8,10H,2-6H2,1H3. The van der Waals surface area contributed by atoms with Crippen LogP contribution >= 0.6 is 11.6 Å². The summed E-state index contributed by atoms with van der Waals surface area (Å²) >= 11 is 5.76.